The average Bonchev–Trinajstić information content (AvgIpc) is 2.73. The third kappa shape index (κ3) is 6.74. The van der Waals surface area contributed by atoms with Crippen molar-refractivity contribution in [1.82, 2.24) is 10.2 Å². The van der Waals surface area contributed by atoms with Gasteiger partial charge >= 0.3 is 13.6 Å². The molecule has 195 valence electrons. The number of nitrogens with zero attached hydrogens (tertiary/aromatic N) is 1. The largest absolute Gasteiger partial charge is 0.556 e. The minimum Gasteiger partial charge on any atom is -0.556 e. The zero-order chi connectivity index (χ0) is 27.5. The second-order valence-corrected chi connectivity index (χ2v) is 11.4. The lowest BCUT2D eigenvalue weighted by molar-refractivity contribution is -0.174. The first-order valence-electron chi connectivity index (χ1n) is 11.9. The van der Waals surface area contributed by atoms with Crippen molar-refractivity contribution in [3.63, 3.8) is 0 Å². The summed E-state index contributed by atoms with van der Waals surface area (Å²) in [6.07, 6.45) is 0.152. The van der Waals surface area contributed by atoms with Crippen molar-refractivity contribution in [3.8, 4) is 0 Å². The van der Waals surface area contributed by atoms with Gasteiger partial charge < -0.3 is 14.7 Å². The summed E-state index contributed by atoms with van der Waals surface area (Å²) in [6, 6.07) is 6.28. The normalized spacial score (nSPS) is 17.9. The summed E-state index contributed by atoms with van der Waals surface area (Å²) >= 11 is 0. The van der Waals surface area contributed by atoms with Gasteiger partial charge in [-0.2, -0.15) is 0 Å². The number of aryl methyl sites for hydroxylation is 1. The van der Waals surface area contributed by atoms with Crippen molar-refractivity contribution in [3.05, 3.63) is 35.4 Å². The number of likely N-dealkylation sites (tertiary alicyclic amines) is 1. The summed E-state index contributed by atoms with van der Waals surface area (Å²) in [5.74, 6) is -1.93. The third-order valence-corrected chi connectivity index (χ3v) is 6.36. The molecule has 9 nitrogen and oxygen atoms in total. The molecule has 0 aliphatic carbocycles. The van der Waals surface area contributed by atoms with E-state index in [1.165, 1.54) is 7.48 Å². The molecule has 1 heterocycles. The van der Waals surface area contributed by atoms with E-state index in [2.05, 4.69) is 5.32 Å². The van der Waals surface area contributed by atoms with Crippen LogP contribution in [-0.4, -0.2) is 59.7 Å². The van der Waals surface area contributed by atoms with Gasteiger partial charge in [0.25, 0.3) is 5.91 Å². The first-order valence-corrected chi connectivity index (χ1v) is 11.9. The first-order chi connectivity index (χ1) is 16.5. The van der Waals surface area contributed by atoms with Crippen LogP contribution in [0.5, 0.6) is 0 Å². The van der Waals surface area contributed by atoms with E-state index in [9.17, 15) is 19.2 Å². The van der Waals surface area contributed by atoms with Gasteiger partial charge in [-0.25, -0.2) is 4.79 Å². The van der Waals surface area contributed by atoms with Crippen LogP contribution in [0.4, 0.5) is 4.79 Å². The molecule has 1 aliphatic heterocycles. The number of benzene rings is 1. The van der Waals surface area contributed by atoms with Crippen molar-refractivity contribution < 1.29 is 28.6 Å². The Kier molecular flexibility index (Phi) is 8.76. The molecule has 3 amide bonds. The number of amides is 3. The molecular formula is C26H37BN3O6. The van der Waals surface area contributed by atoms with E-state index in [4.69, 9.17) is 14.8 Å². The Morgan fingerprint density at radius 1 is 1.17 bits per heavy atom. The minimum atomic E-state index is -1.01. The number of ether oxygens (including phenoxy) is 1. The number of alkyl carbamates (subject to hydrolysis) is 1. The van der Waals surface area contributed by atoms with Crippen LogP contribution in [0, 0.1) is 23.7 Å². The van der Waals surface area contributed by atoms with Crippen LogP contribution in [0.2, 0.25) is 6.32 Å². The summed E-state index contributed by atoms with van der Waals surface area (Å²) in [7, 11) is 1.32. The molecule has 2 N–H and O–H groups in total. The van der Waals surface area contributed by atoms with E-state index in [1.807, 2.05) is 19.1 Å². The van der Waals surface area contributed by atoms with E-state index in [-0.39, 0.29) is 18.5 Å². The molecule has 1 fully saturated rings. The fraction of sp³-hybridized carbons (Fsp3) is 0.577. The number of Topliss-reactive ketones (excluding diaryl/α,β-unsaturated/α-hetero) is 1. The van der Waals surface area contributed by atoms with Crippen molar-refractivity contribution in [2.75, 3.05) is 0 Å². The van der Waals surface area contributed by atoms with Gasteiger partial charge in [0.15, 0.2) is 5.78 Å². The van der Waals surface area contributed by atoms with E-state index >= 15 is 0 Å². The molecule has 0 bridgehead atoms. The molecule has 1 unspecified atom stereocenters. The van der Waals surface area contributed by atoms with Crippen LogP contribution in [-0.2, 0) is 19.0 Å². The molecular weight excluding hydrogens is 461 g/mol. The minimum absolute atomic E-state index is 0.0624. The molecule has 1 aromatic rings. The first kappa shape index (κ1) is 29.1. The average molecular weight is 498 g/mol. The molecule has 1 aromatic carbocycles. The predicted octanol–water partition coefficient (Wildman–Crippen LogP) is 3.91. The van der Waals surface area contributed by atoms with E-state index in [0.29, 0.717) is 5.56 Å². The molecule has 0 aromatic heterocycles. The van der Waals surface area contributed by atoms with Crippen molar-refractivity contribution in [1.29, 1.82) is 5.41 Å². The second-order valence-electron chi connectivity index (χ2n) is 11.4. The van der Waals surface area contributed by atoms with Gasteiger partial charge in [0.2, 0.25) is 5.91 Å². The molecule has 2 atom stereocenters. The molecule has 36 heavy (non-hydrogen) atoms. The van der Waals surface area contributed by atoms with Crippen molar-refractivity contribution in [2.24, 2.45) is 11.3 Å². The third-order valence-electron chi connectivity index (χ3n) is 6.36. The highest BCUT2D eigenvalue weighted by Gasteiger charge is 2.59. The predicted molar refractivity (Wildman–Crippen MR) is 137 cm³/mol. The van der Waals surface area contributed by atoms with E-state index < -0.39 is 46.4 Å². The maximum Gasteiger partial charge on any atom is 0.408 e. The zero-order valence-corrected chi connectivity index (χ0v) is 22.4. The number of hydrogen-bond donors (Lipinski definition) is 2. The van der Waals surface area contributed by atoms with E-state index in [1.54, 1.807) is 60.6 Å². The van der Waals surface area contributed by atoms with Crippen LogP contribution in [0.3, 0.4) is 0 Å². The van der Waals surface area contributed by atoms with Gasteiger partial charge in [0.1, 0.15) is 18.0 Å². The number of ketones is 1. The highest BCUT2D eigenvalue weighted by molar-refractivity contribution is 6.30. The molecule has 0 spiro atoms. The topological polar surface area (TPSA) is 126 Å². The van der Waals surface area contributed by atoms with Gasteiger partial charge in [-0.3, -0.25) is 24.7 Å². The van der Waals surface area contributed by atoms with E-state index in [0.717, 1.165) is 16.9 Å². The number of β-lactam (4-membered cyclic amide) rings is 1. The van der Waals surface area contributed by atoms with Crippen LogP contribution in [0.1, 0.15) is 70.8 Å². The smallest absolute Gasteiger partial charge is 0.408 e. The summed E-state index contributed by atoms with van der Waals surface area (Å²) in [6.45, 7) is 14.1. The number of nitrogens with one attached hydrogen (secondary N) is 2. The Hall–Kier alpha value is -3.17. The van der Waals surface area contributed by atoms with Crippen LogP contribution < -0.4 is 5.32 Å². The second kappa shape index (κ2) is 10.8. The van der Waals surface area contributed by atoms with Gasteiger partial charge in [0.05, 0.1) is 5.54 Å². The van der Waals surface area contributed by atoms with Crippen LogP contribution >= 0.6 is 0 Å². The van der Waals surface area contributed by atoms with Crippen LogP contribution in [0.15, 0.2) is 24.3 Å². The zero-order valence-electron chi connectivity index (χ0n) is 22.4. The maximum absolute atomic E-state index is 13.7. The lowest BCUT2D eigenvalue weighted by atomic mass is 9.65. The van der Waals surface area contributed by atoms with Gasteiger partial charge in [-0.15, -0.1) is 0 Å². The van der Waals surface area contributed by atoms with Crippen molar-refractivity contribution in [2.45, 2.75) is 85.3 Å². The summed E-state index contributed by atoms with van der Waals surface area (Å²) in [5, 5.41) is 9.66. The number of carbonyl (C=O) groups is 4. The number of rotatable bonds is 10. The quantitative estimate of drug-likeness (QED) is 0.126. The summed E-state index contributed by atoms with van der Waals surface area (Å²) < 4.78 is 10.2. The SMILES string of the molecule is Cc1ccc(C(=O)CC(C)(C)[C@@H](C[B]OC=N)C(=O)N2C(=O)C(NC(=O)OC(C)(C)C)C2(C)C)cc1. The number of hydrogen-bond acceptors (Lipinski definition) is 7. The standard InChI is InChI=1S/C26H37BN3O6/c1-16-9-11-17(12-10-16)19(31)13-25(5,6)18(14-27-35-15-28)21(32)30-22(33)20(26(30,7)8)29-23(34)36-24(2,3)4/h9-12,15,18,20,28H,13-14H2,1-8H3,(H,29,34)/t18-,20?/m0/s1. The Morgan fingerprint density at radius 2 is 1.75 bits per heavy atom. The molecule has 1 aliphatic rings. The molecule has 2 rings (SSSR count). The molecule has 1 saturated heterocycles. The van der Waals surface area contributed by atoms with Gasteiger partial charge in [-0.05, 0) is 53.3 Å². The fourth-order valence-corrected chi connectivity index (χ4v) is 4.32. The highest BCUT2D eigenvalue weighted by Crippen LogP contribution is 2.41. The van der Waals surface area contributed by atoms with Crippen molar-refractivity contribution >= 4 is 37.6 Å². The monoisotopic (exact) mass is 498 g/mol. The molecule has 10 heteroatoms. The Balaban J connectivity index is 2.24. The lowest BCUT2D eigenvalue weighted by Gasteiger charge is -2.54. The molecule has 0 saturated carbocycles. The molecule has 1 radical (unpaired) electrons. The lowest BCUT2D eigenvalue weighted by Crippen LogP contribution is -2.78. The summed E-state index contributed by atoms with van der Waals surface area (Å²) in [4.78, 5) is 53.2. The van der Waals surface area contributed by atoms with Gasteiger partial charge in [0, 0.05) is 17.9 Å². The highest BCUT2D eigenvalue weighted by atomic mass is 16.6. The number of carbonyl (C=O) groups excluding carboxylic acids is 4. The Labute approximate surface area is 214 Å². The van der Waals surface area contributed by atoms with Gasteiger partial charge in [-0.1, -0.05) is 43.7 Å². The summed E-state index contributed by atoms with van der Waals surface area (Å²) in [5.41, 5.74) is -1.02. The number of imide groups is 1. The Morgan fingerprint density at radius 3 is 2.25 bits per heavy atom. The Bertz CT molecular complexity index is 1010. The maximum atomic E-state index is 13.7. The fourth-order valence-electron chi connectivity index (χ4n) is 4.32. The van der Waals surface area contributed by atoms with Crippen LogP contribution in [0.25, 0.3) is 0 Å².